The van der Waals surface area contributed by atoms with Crippen molar-refractivity contribution in [3.63, 3.8) is 0 Å². The Morgan fingerprint density at radius 2 is 2.00 bits per heavy atom. The van der Waals surface area contributed by atoms with Gasteiger partial charge in [-0.1, -0.05) is 13.3 Å². The van der Waals surface area contributed by atoms with Crippen molar-refractivity contribution in [2.75, 3.05) is 19.7 Å². The molecule has 17 heavy (non-hydrogen) atoms. The van der Waals surface area contributed by atoms with E-state index in [4.69, 9.17) is 4.74 Å². The Balaban J connectivity index is 2.61. The average molecular weight is 242 g/mol. The van der Waals surface area contributed by atoms with Crippen LogP contribution in [0, 0.1) is 0 Å². The van der Waals surface area contributed by atoms with E-state index in [2.05, 4.69) is 39.9 Å². The first-order chi connectivity index (χ1) is 7.78. The summed E-state index contributed by atoms with van der Waals surface area (Å²) >= 11 is 0. The molecule has 1 saturated heterocycles. The van der Waals surface area contributed by atoms with E-state index in [1.54, 1.807) is 0 Å². The molecule has 1 N–H and O–H groups in total. The molecule has 1 amide bonds. The van der Waals surface area contributed by atoms with Crippen molar-refractivity contribution in [1.29, 1.82) is 0 Å². The summed E-state index contributed by atoms with van der Waals surface area (Å²) in [6, 6.07) is 0. The minimum absolute atomic E-state index is 0.0424. The van der Waals surface area contributed by atoms with Crippen molar-refractivity contribution in [3.05, 3.63) is 0 Å². The predicted octanol–water partition coefficient (Wildman–Crippen LogP) is 2.39. The minimum atomic E-state index is -0.182. The maximum Gasteiger partial charge on any atom is 0.410 e. The van der Waals surface area contributed by atoms with Crippen LogP contribution in [0.25, 0.3) is 0 Å². The van der Waals surface area contributed by atoms with E-state index in [1.807, 2.05) is 4.90 Å². The van der Waals surface area contributed by atoms with Gasteiger partial charge in [0.1, 0.15) is 0 Å². The van der Waals surface area contributed by atoms with Gasteiger partial charge >= 0.3 is 6.09 Å². The van der Waals surface area contributed by atoms with E-state index in [0.717, 1.165) is 19.4 Å². The normalized spacial score (nSPS) is 22.3. The first-order valence-electron chi connectivity index (χ1n) is 6.48. The number of amides is 1. The molecule has 1 fully saturated rings. The highest BCUT2D eigenvalue weighted by Gasteiger charge is 2.41. The molecule has 1 aliphatic rings. The van der Waals surface area contributed by atoms with Crippen molar-refractivity contribution >= 4 is 6.09 Å². The van der Waals surface area contributed by atoms with Crippen LogP contribution in [0.5, 0.6) is 0 Å². The van der Waals surface area contributed by atoms with Crippen LogP contribution in [0.3, 0.4) is 0 Å². The minimum Gasteiger partial charge on any atom is -0.449 e. The van der Waals surface area contributed by atoms with Crippen LogP contribution < -0.4 is 5.32 Å². The van der Waals surface area contributed by atoms with Crippen molar-refractivity contribution in [3.8, 4) is 0 Å². The van der Waals surface area contributed by atoms with Gasteiger partial charge in [0.2, 0.25) is 0 Å². The number of carbonyl (C=O) groups excluding carboxylic acids is 1. The molecule has 0 aliphatic carbocycles. The Labute approximate surface area is 105 Å². The summed E-state index contributed by atoms with van der Waals surface area (Å²) in [6.45, 7) is 12.4. The van der Waals surface area contributed by atoms with Crippen molar-refractivity contribution in [1.82, 2.24) is 10.2 Å². The van der Waals surface area contributed by atoms with Crippen molar-refractivity contribution in [2.24, 2.45) is 0 Å². The highest BCUT2D eigenvalue weighted by molar-refractivity contribution is 5.69. The number of hydrogen-bond acceptors (Lipinski definition) is 3. The summed E-state index contributed by atoms with van der Waals surface area (Å²) in [5.74, 6) is 0. The van der Waals surface area contributed by atoms with Crippen LogP contribution in [0.4, 0.5) is 4.79 Å². The summed E-state index contributed by atoms with van der Waals surface area (Å²) in [5, 5.41) is 3.45. The Hall–Kier alpha value is -0.770. The second-order valence-electron chi connectivity index (χ2n) is 6.10. The molecule has 0 bridgehead atoms. The van der Waals surface area contributed by atoms with Gasteiger partial charge in [-0.15, -0.1) is 0 Å². The lowest BCUT2D eigenvalue weighted by Gasteiger charge is -2.48. The fourth-order valence-electron chi connectivity index (χ4n) is 1.91. The Bertz CT molecular complexity index is 275. The van der Waals surface area contributed by atoms with E-state index >= 15 is 0 Å². The molecule has 0 saturated carbocycles. The van der Waals surface area contributed by atoms with E-state index in [0.29, 0.717) is 13.2 Å². The molecule has 0 spiro atoms. The zero-order valence-corrected chi connectivity index (χ0v) is 11.8. The summed E-state index contributed by atoms with van der Waals surface area (Å²) in [6.07, 6.45) is 1.80. The zero-order valence-electron chi connectivity index (χ0n) is 11.8. The van der Waals surface area contributed by atoms with Gasteiger partial charge in [0.05, 0.1) is 12.1 Å². The molecule has 4 heteroatoms. The molecular formula is C13H26N2O2. The van der Waals surface area contributed by atoms with Gasteiger partial charge < -0.3 is 10.1 Å². The second-order valence-corrected chi connectivity index (χ2v) is 6.10. The number of rotatable bonds is 3. The van der Waals surface area contributed by atoms with Gasteiger partial charge in [0.25, 0.3) is 0 Å². The molecule has 1 rings (SSSR count). The third kappa shape index (κ3) is 3.87. The van der Waals surface area contributed by atoms with Crippen LogP contribution in [0.1, 0.15) is 47.5 Å². The van der Waals surface area contributed by atoms with Crippen LogP contribution in [-0.2, 0) is 4.74 Å². The van der Waals surface area contributed by atoms with Crippen molar-refractivity contribution < 1.29 is 9.53 Å². The fraction of sp³-hybridized carbons (Fsp3) is 0.923. The molecule has 0 unspecified atom stereocenters. The quantitative estimate of drug-likeness (QED) is 0.773. The van der Waals surface area contributed by atoms with Gasteiger partial charge in [-0.25, -0.2) is 4.79 Å². The van der Waals surface area contributed by atoms with Crippen LogP contribution in [0.2, 0.25) is 0 Å². The number of piperazine rings is 1. The summed E-state index contributed by atoms with van der Waals surface area (Å²) in [5.41, 5.74) is -0.224. The van der Waals surface area contributed by atoms with Gasteiger partial charge in [-0.05, 0) is 34.1 Å². The van der Waals surface area contributed by atoms with Gasteiger partial charge in [-0.2, -0.15) is 0 Å². The van der Waals surface area contributed by atoms with Gasteiger partial charge in [0.15, 0.2) is 0 Å². The maximum absolute atomic E-state index is 12.1. The van der Waals surface area contributed by atoms with E-state index < -0.39 is 0 Å². The maximum atomic E-state index is 12.1. The average Bonchev–Trinajstić information content (AvgIpc) is 2.22. The van der Waals surface area contributed by atoms with Crippen LogP contribution in [0.15, 0.2) is 0 Å². The number of nitrogens with one attached hydrogen (secondary N) is 1. The molecule has 0 aromatic carbocycles. The van der Waals surface area contributed by atoms with Crippen LogP contribution in [-0.4, -0.2) is 41.8 Å². The number of hydrogen-bond donors (Lipinski definition) is 1. The molecule has 0 aromatic heterocycles. The SMILES string of the molecule is CCCCOC(=O)N1CC(C)(C)NCC1(C)C. The molecule has 0 aromatic rings. The monoisotopic (exact) mass is 242 g/mol. The summed E-state index contributed by atoms with van der Waals surface area (Å²) in [4.78, 5) is 13.9. The van der Waals surface area contributed by atoms with E-state index in [9.17, 15) is 4.79 Å². The molecule has 1 heterocycles. The van der Waals surface area contributed by atoms with E-state index in [-0.39, 0.29) is 17.2 Å². The first-order valence-corrected chi connectivity index (χ1v) is 6.48. The molecule has 0 radical (unpaired) electrons. The Morgan fingerprint density at radius 3 is 2.59 bits per heavy atom. The third-order valence-corrected chi connectivity index (χ3v) is 3.23. The van der Waals surface area contributed by atoms with E-state index in [1.165, 1.54) is 0 Å². The first kappa shape index (κ1) is 14.3. The molecule has 4 nitrogen and oxygen atoms in total. The molecular weight excluding hydrogens is 216 g/mol. The van der Waals surface area contributed by atoms with Crippen molar-refractivity contribution in [2.45, 2.75) is 58.5 Å². The lowest BCUT2D eigenvalue weighted by molar-refractivity contribution is 0.0224. The Morgan fingerprint density at radius 1 is 1.35 bits per heavy atom. The van der Waals surface area contributed by atoms with Gasteiger partial charge in [0, 0.05) is 18.6 Å². The Kier molecular flexibility index (Phi) is 4.42. The summed E-state index contributed by atoms with van der Waals surface area (Å²) in [7, 11) is 0. The zero-order chi connectivity index (χ0) is 13.1. The number of carbonyl (C=O) groups is 1. The lowest BCUT2D eigenvalue weighted by Crippen LogP contribution is -2.67. The third-order valence-electron chi connectivity index (χ3n) is 3.23. The molecule has 1 aliphatic heterocycles. The number of unbranched alkanes of at least 4 members (excludes halogenated alkanes) is 1. The number of ether oxygens (including phenoxy) is 1. The summed E-state index contributed by atoms with van der Waals surface area (Å²) < 4.78 is 5.31. The molecule has 0 atom stereocenters. The highest BCUT2D eigenvalue weighted by Crippen LogP contribution is 2.24. The topological polar surface area (TPSA) is 41.6 Å². The number of nitrogens with zero attached hydrogens (tertiary/aromatic N) is 1. The lowest BCUT2D eigenvalue weighted by atomic mass is 9.92. The highest BCUT2D eigenvalue weighted by atomic mass is 16.6. The van der Waals surface area contributed by atoms with Crippen LogP contribution >= 0.6 is 0 Å². The standard InChI is InChI=1S/C13H26N2O2/c1-6-7-8-17-11(16)15-10-12(2,3)14-9-13(15,4)5/h14H,6-10H2,1-5H3. The second kappa shape index (κ2) is 5.25. The fourth-order valence-corrected chi connectivity index (χ4v) is 1.91. The molecule has 100 valence electrons. The largest absolute Gasteiger partial charge is 0.449 e. The van der Waals surface area contributed by atoms with Gasteiger partial charge in [-0.3, -0.25) is 4.90 Å². The smallest absolute Gasteiger partial charge is 0.410 e. The predicted molar refractivity (Wildman–Crippen MR) is 69.1 cm³/mol.